The highest BCUT2D eigenvalue weighted by Crippen LogP contribution is 2.35. The first-order valence-corrected chi connectivity index (χ1v) is 5.78. The van der Waals surface area contributed by atoms with E-state index >= 15 is 0 Å². The van der Waals surface area contributed by atoms with Crippen molar-refractivity contribution in [3.8, 4) is 0 Å². The fraction of sp³-hybridized carbons (Fsp3) is 1.00. The van der Waals surface area contributed by atoms with Gasteiger partial charge in [0.05, 0.1) is 6.61 Å². The highest BCUT2D eigenvalue weighted by atomic mass is 16.3. The first-order chi connectivity index (χ1) is 6.65. The van der Waals surface area contributed by atoms with Crippen LogP contribution < -0.4 is 5.32 Å². The van der Waals surface area contributed by atoms with Crippen molar-refractivity contribution >= 4 is 0 Å². The molecule has 0 aromatic carbocycles. The topological polar surface area (TPSA) is 35.5 Å². The predicted molar refractivity (Wildman–Crippen MR) is 57.3 cm³/mol. The second-order valence-electron chi connectivity index (χ2n) is 5.16. The van der Waals surface area contributed by atoms with Gasteiger partial charge in [-0.1, -0.05) is 0 Å². The van der Waals surface area contributed by atoms with Gasteiger partial charge in [-0.3, -0.25) is 4.90 Å². The van der Waals surface area contributed by atoms with Crippen LogP contribution in [0.4, 0.5) is 0 Å². The molecule has 14 heavy (non-hydrogen) atoms. The van der Waals surface area contributed by atoms with Crippen LogP contribution in [0.25, 0.3) is 0 Å². The summed E-state index contributed by atoms with van der Waals surface area (Å²) in [6.45, 7) is 7.17. The standard InChI is InChI=1S/C11H22N2O/c1-9(2)13-6-3-10(7-13)12-11(8-14)4-5-11/h9-10,12,14H,3-8H2,1-2H3/t10-/m0/s1. The monoisotopic (exact) mass is 198 g/mol. The summed E-state index contributed by atoms with van der Waals surface area (Å²) in [6.07, 6.45) is 3.54. The van der Waals surface area contributed by atoms with Crippen molar-refractivity contribution in [1.29, 1.82) is 0 Å². The van der Waals surface area contributed by atoms with E-state index in [1.165, 1.54) is 13.0 Å². The van der Waals surface area contributed by atoms with Crippen LogP contribution in [-0.4, -0.2) is 47.3 Å². The largest absolute Gasteiger partial charge is 0.394 e. The zero-order valence-corrected chi connectivity index (χ0v) is 9.29. The fourth-order valence-electron chi connectivity index (χ4n) is 2.31. The molecule has 2 rings (SSSR count). The quantitative estimate of drug-likeness (QED) is 0.694. The van der Waals surface area contributed by atoms with E-state index in [0.29, 0.717) is 18.7 Å². The van der Waals surface area contributed by atoms with Crippen molar-refractivity contribution in [2.75, 3.05) is 19.7 Å². The minimum absolute atomic E-state index is 0.109. The van der Waals surface area contributed by atoms with Crippen molar-refractivity contribution in [3.63, 3.8) is 0 Å². The molecule has 0 radical (unpaired) electrons. The molecule has 0 spiro atoms. The predicted octanol–water partition coefficient (Wildman–Crippen LogP) is 0.584. The number of nitrogens with zero attached hydrogens (tertiary/aromatic N) is 1. The Morgan fingerprint density at radius 2 is 2.21 bits per heavy atom. The number of aliphatic hydroxyl groups is 1. The lowest BCUT2D eigenvalue weighted by atomic mass is 10.2. The number of hydrogen-bond donors (Lipinski definition) is 2. The number of aliphatic hydroxyl groups excluding tert-OH is 1. The van der Waals surface area contributed by atoms with Crippen LogP contribution in [0.1, 0.15) is 33.1 Å². The van der Waals surface area contributed by atoms with Gasteiger partial charge in [0, 0.05) is 24.2 Å². The Hall–Kier alpha value is -0.120. The maximum absolute atomic E-state index is 9.22. The van der Waals surface area contributed by atoms with Gasteiger partial charge < -0.3 is 10.4 Å². The van der Waals surface area contributed by atoms with E-state index in [9.17, 15) is 5.11 Å². The molecule has 1 heterocycles. The first kappa shape index (κ1) is 10.4. The molecular formula is C11H22N2O. The molecule has 1 aliphatic carbocycles. The molecule has 0 aromatic rings. The Bertz CT molecular complexity index is 201. The molecule has 1 saturated carbocycles. The van der Waals surface area contributed by atoms with Crippen LogP contribution in [0.3, 0.4) is 0 Å². The van der Waals surface area contributed by atoms with Crippen LogP contribution >= 0.6 is 0 Å². The van der Waals surface area contributed by atoms with Gasteiger partial charge in [-0.2, -0.15) is 0 Å². The second-order valence-corrected chi connectivity index (χ2v) is 5.16. The third-order valence-corrected chi connectivity index (χ3v) is 3.62. The summed E-state index contributed by atoms with van der Waals surface area (Å²) in [6, 6.07) is 1.26. The summed E-state index contributed by atoms with van der Waals surface area (Å²) in [5, 5.41) is 12.8. The minimum atomic E-state index is 0.109. The Labute approximate surface area is 86.5 Å². The van der Waals surface area contributed by atoms with Gasteiger partial charge in [-0.25, -0.2) is 0 Å². The summed E-state index contributed by atoms with van der Waals surface area (Å²) in [7, 11) is 0. The van der Waals surface area contributed by atoms with Crippen LogP contribution in [0.5, 0.6) is 0 Å². The molecule has 2 N–H and O–H groups in total. The van der Waals surface area contributed by atoms with Gasteiger partial charge in [0.15, 0.2) is 0 Å². The Morgan fingerprint density at radius 1 is 1.50 bits per heavy atom. The maximum atomic E-state index is 9.22. The lowest BCUT2D eigenvalue weighted by Gasteiger charge is -2.23. The fourth-order valence-corrected chi connectivity index (χ4v) is 2.31. The zero-order valence-electron chi connectivity index (χ0n) is 9.29. The van der Waals surface area contributed by atoms with Gasteiger partial charge in [0.2, 0.25) is 0 Å². The molecule has 82 valence electrons. The molecule has 0 bridgehead atoms. The minimum Gasteiger partial charge on any atom is -0.394 e. The van der Waals surface area contributed by atoms with Crippen molar-refractivity contribution in [3.05, 3.63) is 0 Å². The SMILES string of the molecule is CC(C)N1CC[C@H](NC2(CO)CC2)C1. The Balaban J connectivity index is 1.79. The molecule has 1 aliphatic heterocycles. The number of hydrogen-bond acceptors (Lipinski definition) is 3. The van der Waals surface area contributed by atoms with Crippen molar-refractivity contribution in [1.82, 2.24) is 10.2 Å². The van der Waals surface area contributed by atoms with E-state index in [2.05, 4.69) is 24.1 Å². The summed E-state index contributed by atoms with van der Waals surface area (Å²) in [5.74, 6) is 0. The van der Waals surface area contributed by atoms with Crippen LogP contribution in [-0.2, 0) is 0 Å². The highest BCUT2D eigenvalue weighted by molar-refractivity contribution is 5.04. The molecule has 1 saturated heterocycles. The molecule has 2 fully saturated rings. The lowest BCUT2D eigenvalue weighted by Crippen LogP contribution is -2.44. The normalized spacial score (nSPS) is 31.3. The molecule has 0 amide bonds. The number of likely N-dealkylation sites (tertiary alicyclic amines) is 1. The summed E-state index contributed by atoms with van der Waals surface area (Å²) in [5.41, 5.74) is 0.109. The molecule has 2 aliphatic rings. The second kappa shape index (κ2) is 3.80. The van der Waals surface area contributed by atoms with Gasteiger partial charge in [0.25, 0.3) is 0 Å². The number of rotatable bonds is 4. The molecule has 3 nitrogen and oxygen atoms in total. The average Bonchev–Trinajstić information content (AvgIpc) is 2.75. The zero-order chi connectivity index (χ0) is 10.2. The van der Waals surface area contributed by atoms with Crippen molar-refractivity contribution in [2.45, 2.75) is 50.7 Å². The van der Waals surface area contributed by atoms with Gasteiger partial charge in [-0.05, 0) is 39.7 Å². The smallest absolute Gasteiger partial charge is 0.0613 e. The number of nitrogens with one attached hydrogen (secondary N) is 1. The third kappa shape index (κ3) is 2.10. The van der Waals surface area contributed by atoms with Gasteiger partial charge in [-0.15, -0.1) is 0 Å². The van der Waals surface area contributed by atoms with Crippen molar-refractivity contribution in [2.24, 2.45) is 0 Å². The van der Waals surface area contributed by atoms with E-state index in [1.807, 2.05) is 0 Å². The van der Waals surface area contributed by atoms with Gasteiger partial charge in [0.1, 0.15) is 0 Å². The molecule has 3 heteroatoms. The molecular weight excluding hydrogens is 176 g/mol. The Kier molecular flexibility index (Phi) is 2.82. The first-order valence-electron chi connectivity index (χ1n) is 5.78. The summed E-state index contributed by atoms with van der Waals surface area (Å²) >= 11 is 0. The lowest BCUT2D eigenvalue weighted by molar-refractivity contribution is 0.212. The molecule has 0 unspecified atom stereocenters. The molecule has 1 atom stereocenters. The van der Waals surface area contributed by atoms with Gasteiger partial charge >= 0.3 is 0 Å². The Morgan fingerprint density at radius 3 is 2.64 bits per heavy atom. The third-order valence-electron chi connectivity index (χ3n) is 3.62. The van der Waals surface area contributed by atoms with Crippen LogP contribution in [0.2, 0.25) is 0 Å². The van der Waals surface area contributed by atoms with Crippen molar-refractivity contribution < 1.29 is 5.11 Å². The van der Waals surface area contributed by atoms with E-state index in [-0.39, 0.29) is 5.54 Å². The van der Waals surface area contributed by atoms with E-state index in [1.54, 1.807) is 0 Å². The van der Waals surface area contributed by atoms with E-state index < -0.39 is 0 Å². The maximum Gasteiger partial charge on any atom is 0.0613 e. The summed E-state index contributed by atoms with van der Waals surface area (Å²) in [4.78, 5) is 2.51. The molecule has 0 aromatic heterocycles. The van der Waals surface area contributed by atoms with E-state index in [4.69, 9.17) is 0 Å². The average molecular weight is 198 g/mol. The highest BCUT2D eigenvalue weighted by Gasteiger charge is 2.44. The van der Waals surface area contributed by atoms with Crippen LogP contribution in [0.15, 0.2) is 0 Å². The van der Waals surface area contributed by atoms with E-state index in [0.717, 1.165) is 19.4 Å². The van der Waals surface area contributed by atoms with Crippen LogP contribution in [0, 0.1) is 0 Å². The summed E-state index contributed by atoms with van der Waals surface area (Å²) < 4.78 is 0.